The van der Waals surface area contributed by atoms with Gasteiger partial charge in [0.05, 0.1) is 5.02 Å². The molecular weight excluding hydrogens is 297 g/mol. The Bertz CT molecular complexity index is 510. The quantitative estimate of drug-likeness (QED) is 0.907. The fraction of sp³-hybridized carbons (Fsp3) is 0.500. The fourth-order valence-electron chi connectivity index (χ4n) is 1.89. The van der Waals surface area contributed by atoms with Crippen LogP contribution in [0.4, 0.5) is 0 Å². The molecule has 102 valence electrons. The van der Waals surface area contributed by atoms with Crippen molar-refractivity contribution in [2.45, 2.75) is 11.3 Å². The van der Waals surface area contributed by atoms with Crippen LogP contribution in [-0.4, -0.2) is 37.3 Å². The van der Waals surface area contributed by atoms with Gasteiger partial charge in [0.2, 0.25) is 10.0 Å². The van der Waals surface area contributed by atoms with Gasteiger partial charge in [-0.3, -0.25) is 4.98 Å². The van der Waals surface area contributed by atoms with Crippen LogP contribution in [0.2, 0.25) is 5.02 Å². The molecule has 0 bridgehead atoms. The topological polar surface area (TPSA) is 76.3 Å². The van der Waals surface area contributed by atoms with Crippen LogP contribution < -0.4 is 5.73 Å². The summed E-state index contributed by atoms with van der Waals surface area (Å²) in [7, 11) is -3.47. The van der Waals surface area contributed by atoms with Crippen molar-refractivity contribution >= 4 is 34.0 Å². The van der Waals surface area contributed by atoms with Crippen molar-refractivity contribution in [1.82, 2.24) is 9.29 Å². The van der Waals surface area contributed by atoms with Gasteiger partial charge in [-0.25, -0.2) is 8.42 Å². The van der Waals surface area contributed by atoms with E-state index in [1.807, 2.05) is 0 Å². The number of pyridine rings is 1. The lowest BCUT2D eigenvalue weighted by Crippen LogP contribution is -2.30. The molecule has 2 N–H and O–H groups in total. The molecule has 0 radical (unpaired) electrons. The molecule has 1 fully saturated rings. The predicted octanol–water partition coefficient (Wildman–Crippen LogP) is 1.13. The highest BCUT2D eigenvalue weighted by Gasteiger charge is 2.32. The lowest BCUT2D eigenvalue weighted by Gasteiger charge is -2.16. The highest BCUT2D eigenvalue weighted by molar-refractivity contribution is 7.89. The van der Waals surface area contributed by atoms with Crippen LogP contribution in [-0.2, 0) is 10.0 Å². The fourth-order valence-corrected chi connectivity index (χ4v) is 3.65. The number of sulfonamides is 1. The van der Waals surface area contributed by atoms with Crippen molar-refractivity contribution in [2.24, 2.45) is 11.7 Å². The molecule has 1 saturated heterocycles. The lowest BCUT2D eigenvalue weighted by atomic mass is 10.1. The monoisotopic (exact) mass is 311 g/mol. The first kappa shape index (κ1) is 15.7. The Kier molecular flexibility index (Phi) is 5.36. The molecule has 0 amide bonds. The summed E-state index contributed by atoms with van der Waals surface area (Å²) < 4.78 is 25.9. The summed E-state index contributed by atoms with van der Waals surface area (Å²) in [4.78, 5) is 3.94. The summed E-state index contributed by atoms with van der Waals surface area (Å²) in [6, 6.07) is 1.42. The largest absolute Gasteiger partial charge is 0.330 e. The van der Waals surface area contributed by atoms with Crippen molar-refractivity contribution in [1.29, 1.82) is 0 Å². The summed E-state index contributed by atoms with van der Waals surface area (Å²) in [5.41, 5.74) is 5.55. The van der Waals surface area contributed by atoms with Gasteiger partial charge in [-0.1, -0.05) is 11.6 Å². The van der Waals surface area contributed by atoms with E-state index in [1.54, 1.807) is 0 Å². The third-order valence-electron chi connectivity index (χ3n) is 2.90. The number of hydrogen-bond acceptors (Lipinski definition) is 4. The van der Waals surface area contributed by atoms with E-state index in [-0.39, 0.29) is 23.2 Å². The second-order valence-electron chi connectivity index (χ2n) is 4.09. The molecule has 5 nitrogen and oxygen atoms in total. The predicted molar refractivity (Wildman–Crippen MR) is 72.4 cm³/mol. The maximum atomic E-state index is 12.2. The van der Waals surface area contributed by atoms with Gasteiger partial charge in [-0.15, -0.1) is 12.4 Å². The van der Waals surface area contributed by atoms with Crippen molar-refractivity contribution in [3.8, 4) is 0 Å². The number of rotatable bonds is 3. The minimum absolute atomic E-state index is 0. The SMILES string of the molecule is Cl.NCC1CCN(S(=O)(=O)c2cncc(Cl)c2)C1. The van der Waals surface area contributed by atoms with E-state index in [2.05, 4.69) is 4.98 Å². The maximum Gasteiger partial charge on any atom is 0.244 e. The molecule has 2 rings (SSSR count). The number of halogens is 2. The molecule has 2 heterocycles. The summed E-state index contributed by atoms with van der Waals surface area (Å²) in [6.07, 6.45) is 3.54. The zero-order chi connectivity index (χ0) is 12.5. The molecule has 1 aliphatic heterocycles. The van der Waals surface area contributed by atoms with Gasteiger partial charge in [0, 0.05) is 25.5 Å². The van der Waals surface area contributed by atoms with Crippen molar-refractivity contribution in [3.63, 3.8) is 0 Å². The van der Waals surface area contributed by atoms with Gasteiger partial charge >= 0.3 is 0 Å². The molecule has 0 saturated carbocycles. The summed E-state index contributed by atoms with van der Waals surface area (Å²) >= 11 is 5.75. The Morgan fingerprint density at radius 1 is 1.50 bits per heavy atom. The first-order valence-electron chi connectivity index (χ1n) is 5.35. The standard InChI is InChI=1S/C10H14ClN3O2S.ClH/c11-9-3-10(6-13-5-9)17(15,16)14-2-1-8(4-12)7-14;/h3,5-6,8H,1-2,4,7,12H2;1H. The Morgan fingerprint density at radius 2 is 2.22 bits per heavy atom. The summed E-state index contributed by atoms with van der Waals surface area (Å²) in [5, 5.41) is 0.320. The maximum absolute atomic E-state index is 12.2. The second kappa shape index (κ2) is 6.16. The van der Waals surface area contributed by atoms with Gasteiger partial charge in [0.15, 0.2) is 0 Å². The van der Waals surface area contributed by atoms with E-state index in [4.69, 9.17) is 17.3 Å². The second-order valence-corrected chi connectivity index (χ2v) is 6.47. The Hall–Kier alpha value is -0.400. The molecule has 1 aliphatic rings. The number of nitrogens with zero attached hydrogens (tertiary/aromatic N) is 2. The highest BCUT2D eigenvalue weighted by atomic mass is 35.5. The molecule has 18 heavy (non-hydrogen) atoms. The Labute approximate surface area is 118 Å². The van der Waals surface area contributed by atoms with Crippen LogP contribution in [0.1, 0.15) is 6.42 Å². The zero-order valence-corrected chi connectivity index (χ0v) is 12.0. The Balaban J connectivity index is 0.00000162. The van der Waals surface area contributed by atoms with Gasteiger partial charge in [0.1, 0.15) is 4.90 Å². The molecule has 1 atom stereocenters. The van der Waals surface area contributed by atoms with Crippen LogP contribution in [0.15, 0.2) is 23.4 Å². The van der Waals surface area contributed by atoms with Gasteiger partial charge in [-0.2, -0.15) is 4.31 Å². The van der Waals surface area contributed by atoms with Crippen LogP contribution in [0.3, 0.4) is 0 Å². The van der Waals surface area contributed by atoms with Gasteiger partial charge in [-0.05, 0) is 24.9 Å². The molecule has 0 aliphatic carbocycles. The first-order valence-corrected chi connectivity index (χ1v) is 7.16. The summed E-state index contributed by atoms with van der Waals surface area (Å²) in [6.45, 7) is 1.50. The third kappa shape index (κ3) is 3.13. The molecule has 1 unspecified atom stereocenters. The molecule has 1 aromatic rings. The normalized spacial score (nSPS) is 20.7. The van der Waals surface area contributed by atoms with Crippen molar-refractivity contribution in [3.05, 3.63) is 23.5 Å². The van der Waals surface area contributed by atoms with Crippen LogP contribution in [0.5, 0.6) is 0 Å². The molecule has 8 heteroatoms. The van der Waals surface area contributed by atoms with E-state index in [0.717, 1.165) is 6.42 Å². The average molecular weight is 312 g/mol. The first-order chi connectivity index (χ1) is 8.04. The number of hydrogen-bond donors (Lipinski definition) is 1. The van der Waals surface area contributed by atoms with E-state index in [1.165, 1.54) is 22.8 Å². The van der Waals surface area contributed by atoms with Crippen molar-refractivity contribution < 1.29 is 8.42 Å². The van der Waals surface area contributed by atoms with E-state index in [9.17, 15) is 8.42 Å². The molecule has 0 aromatic carbocycles. The summed E-state index contributed by atoms with van der Waals surface area (Å²) in [5.74, 6) is 0.247. The zero-order valence-electron chi connectivity index (χ0n) is 9.62. The molecular formula is C10H15Cl2N3O2S. The van der Waals surface area contributed by atoms with E-state index < -0.39 is 10.0 Å². The smallest absolute Gasteiger partial charge is 0.244 e. The lowest BCUT2D eigenvalue weighted by molar-refractivity contribution is 0.459. The minimum Gasteiger partial charge on any atom is -0.330 e. The molecule has 0 spiro atoms. The van der Waals surface area contributed by atoms with E-state index in [0.29, 0.717) is 24.7 Å². The number of aromatic nitrogens is 1. The third-order valence-corrected chi connectivity index (χ3v) is 4.94. The molecule has 1 aromatic heterocycles. The van der Waals surface area contributed by atoms with Crippen LogP contribution >= 0.6 is 24.0 Å². The van der Waals surface area contributed by atoms with E-state index >= 15 is 0 Å². The van der Waals surface area contributed by atoms with Gasteiger partial charge in [0.25, 0.3) is 0 Å². The number of nitrogens with two attached hydrogens (primary N) is 1. The van der Waals surface area contributed by atoms with Crippen LogP contribution in [0.25, 0.3) is 0 Å². The van der Waals surface area contributed by atoms with Crippen LogP contribution in [0, 0.1) is 5.92 Å². The Morgan fingerprint density at radius 3 is 2.78 bits per heavy atom. The average Bonchev–Trinajstić information content (AvgIpc) is 2.78. The highest BCUT2D eigenvalue weighted by Crippen LogP contribution is 2.24. The van der Waals surface area contributed by atoms with Gasteiger partial charge < -0.3 is 5.73 Å². The van der Waals surface area contributed by atoms with Crippen molar-refractivity contribution in [2.75, 3.05) is 19.6 Å². The minimum atomic E-state index is -3.47.